The van der Waals surface area contributed by atoms with E-state index < -0.39 is 4.92 Å². The molecule has 0 saturated heterocycles. The van der Waals surface area contributed by atoms with Crippen LogP contribution in [0.15, 0.2) is 36.4 Å². The third-order valence-corrected chi connectivity index (χ3v) is 6.19. The Balaban J connectivity index is 1.83. The lowest BCUT2D eigenvalue weighted by atomic mass is 9.91. The number of nitrogens with zero attached hydrogens (tertiary/aromatic N) is 3. The molecule has 0 saturated carbocycles. The third-order valence-electron chi connectivity index (χ3n) is 6.19. The largest absolute Gasteiger partial charge is 0.496 e. The first-order valence-corrected chi connectivity index (χ1v) is 10.1. The van der Waals surface area contributed by atoms with E-state index in [1.54, 1.807) is 13.2 Å². The van der Waals surface area contributed by atoms with Crippen molar-refractivity contribution in [1.29, 1.82) is 0 Å². The molecular weight excluding hydrogens is 382 g/mol. The molecule has 0 spiro atoms. The zero-order chi connectivity index (χ0) is 21.4. The minimum atomic E-state index is -0.445. The number of benzene rings is 2. The van der Waals surface area contributed by atoms with E-state index in [-0.39, 0.29) is 11.4 Å². The van der Waals surface area contributed by atoms with Gasteiger partial charge in [-0.3, -0.25) is 10.1 Å². The lowest BCUT2D eigenvalue weighted by Gasteiger charge is -2.29. The van der Waals surface area contributed by atoms with Crippen molar-refractivity contribution in [1.82, 2.24) is 9.47 Å². The Morgan fingerprint density at radius 2 is 1.90 bits per heavy atom. The van der Waals surface area contributed by atoms with Crippen LogP contribution in [0.2, 0.25) is 0 Å². The van der Waals surface area contributed by atoms with Gasteiger partial charge in [-0.15, -0.1) is 0 Å². The molecular formula is C23H27N3O4. The number of rotatable bonds is 6. The zero-order valence-electron chi connectivity index (χ0n) is 17.8. The molecule has 0 fully saturated rings. The van der Waals surface area contributed by atoms with Crippen molar-refractivity contribution in [2.24, 2.45) is 0 Å². The molecule has 1 unspecified atom stereocenters. The minimum absolute atomic E-state index is 0.0914. The quantitative estimate of drug-likeness (QED) is 0.454. The fraction of sp³-hybridized carbons (Fsp3) is 0.391. The molecule has 1 heterocycles. The Bertz CT molecular complexity index is 1100. The molecule has 1 aliphatic rings. The Morgan fingerprint density at radius 1 is 1.17 bits per heavy atom. The highest BCUT2D eigenvalue weighted by atomic mass is 16.6. The van der Waals surface area contributed by atoms with Crippen LogP contribution < -0.4 is 9.47 Å². The Kier molecular flexibility index (Phi) is 5.39. The van der Waals surface area contributed by atoms with Crippen LogP contribution in [0, 0.1) is 10.1 Å². The number of aromatic nitrogens is 1. The summed E-state index contributed by atoms with van der Waals surface area (Å²) in [6, 6.07) is 12.2. The van der Waals surface area contributed by atoms with Gasteiger partial charge in [-0.05, 0) is 51.1 Å². The first-order valence-electron chi connectivity index (χ1n) is 10.1. The maximum Gasteiger partial charge on any atom is 0.314 e. The van der Waals surface area contributed by atoms with Crippen LogP contribution in [-0.2, 0) is 19.4 Å². The zero-order valence-corrected chi connectivity index (χ0v) is 17.8. The van der Waals surface area contributed by atoms with E-state index in [0.717, 1.165) is 24.8 Å². The smallest absolute Gasteiger partial charge is 0.314 e. The number of methoxy groups -OCH3 is 2. The summed E-state index contributed by atoms with van der Waals surface area (Å²) in [5.74, 6) is 0.741. The Morgan fingerprint density at radius 3 is 2.57 bits per heavy atom. The van der Waals surface area contributed by atoms with E-state index in [1.165, 1.54) is 35.3 Å². The molecule has 7 heteroatoms. The van der Waals surface area contributed by atoms with Gasteiger partial charge in [0.1, 0.15) is 5.75 Å². The van der Waals surface area contributed by atoms with Crippen molar-refractivity contribution in [2.45, 2.75) is 31.8 Å². The van der Waals surface area contributed by atoms with Crippen LogP contribution in [0.3, 0.4) is 0 Å². The number of likely N-dealkylation sites (N-methyl/N-ethyl adjacent to an activating group) is 1. The summed E-state index contributed by atoms with van der Waals surface area (Å²) in [5, 5.41) is 12.7. The van der Waals surface area contributed by atoms with Crippen molar-refractivity contribution in [3.63, 3.8) is 0 Å². The Labute approximate surface area is 176 Å². The molecule has 30 heavy (non-hydrogen) atoms. The SMILES string of the molecule is COc1cc([N+](=O)[O-])c(OC)cc1Cn1c2c(c3ccccc31)CC(N(C)C)CC2. The number of para-hydroxylation sites is 1. The number of nitro groups is 1. The molecule has 0 bridgehead atoms. The average Bonchev–Trinajstić information content (AvgIpc) is 3.06. The highest BCUT2D eigenvalue weighted by molar-refractivity contribution is 5.86. The van der Waals surface area contributed by atoms with Crippen LogP contribution in [0.1, 0.15) is 23.2 Å². The molecule has 2 aromatic carbocycles. The summed E-state index contributed by atoms with van der Waals surface area (Å²) in [5.41, 5.74) is 4.70. The molecule has 1 aliphatic carbocycles. The molecule has 0 radical (unpaired) electrons. The molecule has 1 atom stereocenters. The average molecular weight is 409 g/mol. The van der Waals surface area contributed by atoms with E-state index in [0.29, 0.717) is 18.3 Å². The standard InChI is InChI=1S/C23H27N3O4/c1-24(2)16-9-10-20-18(12-16)17-7-5-6-8-19(17)25(20)14-15-11-23(30-4)21(26(27)28)13-22(15)29-3/h5-8,11,13,16H,9-10,12,14H2,1-4H3. The van der Waals surface area contributed by atoms with Crippen LogP contribution in [0.25, 0.3) is 10.9 Å². The van der Waals surface area contributed by atoms with E-state index in [4.69, 9.17) is 9.47 Å². The van der Waals surface area contributed by atoms with Gasteiger partial charge in [-0.2, -0.15) is 0 Å². The number of fused-ring (bicyclic) bond motifs is 3. The molecule has 0 aliphatic heterocycles. The second-order valence-corrected chi connectivity index (χ2v) is 7.98. The summed E-state index contributed by atoms with van der Waals surface area (Å²) in [6.45, 7) is 0.569. The minimum Gasteiger partial charge on any atom is -0.496 e. The van der Waals surface area contributed by atoms with Crippen molar-refractivity contribution in [2.75, 3.05) is 28.3 Å². The van der Waals surface area contributed by atoms with E-state index >= 15 is 0 Å². The van der Waals surface area contributed by atoms with Crippen LogP contribution in [0.5, 0.6) is 11.5 Å². The first-order chi connectivity index (χ1) is 14.4. The highest BCUT2D eigenvalue weighted by Gasteiger charge is 2.27. The number of hydrogen-bond acceptors (Lipinski definition) is 5. The van der Waals surface area contributed by atoms with E-state index in [2.05, 4.69) is 47.8 Å². The molecule has 3 aromatic rings. The normalized spacial score (nSPS) is 16.0. The molecule has 0 amide bonds. The van der Waals surface area contributed by atoms with Crippen LogP contribution in [-0.4, -0.2) is 48.7 Å². The summed E-state index contributed by atoms with van der Waals surface area (Å²) >= 11 is 0. The number of nitro benzene ring substituents is 1. The Hall–Kier alpha value is -3.06. The van der Waals surface area contributed by atoms with Gasteiger partial charge in [0.2, 0.25) is 0 Å². The maximum absolute atomic E-state index is 11.4. The van der Waals surface area contributed by atoms with Crippen molar-refractivity contribution in [3.05, 3.63) is 63.3 Å². The maximum atomic E-state index is 11.4. The van der Waals surface area contributed by atoms with Crippen LogP contribution >= 0.6 is 0 Å². The van der Waals surface area contributed by atoms with Crippen molar-refractivity contribution in [3.8, 4) is 11.5 Å². The lowest BCUT2D eigenvalue weighted by molar-refractivity contribution is -0.385. The highest BCUT2D eigenvalue weighted by Crippen LogP contribution is 2.38. The van der Waals surface area contributed by atoms with Gasteiger partial charge in [0.25, 0.3) is 0 Å². The van der Waals surface area contributed by atoms with E-state index in [9.17, 15) is 10.1 Å². The summed E-state index contributed by atoms with van der Waals surface area (Å²) in [4.78, 5) is 13.2. The second-order valence-electron chi connectivity index (χ2n) is 7.98. The van der Waals surface area contributed by atoms with Gasteiger partial charge in [-0.1, -0.05) is 18.2 Å². The van der Waals surface area contributed by atoms with Gasteiger partial charge < -0.3 is 18.9 Å². The predicted octanol–water partition coefficient (Wildman–Crippen LogP) is 4.03. The summed E-state index contributed by atoms with van der Waals surface area (Å²) in [6.07, 6.45) is 3.13. The van der Waals surface area contributed by atoms with Gasteiger partial charge in [0, 0.05) is 28.2 Å². The fourth-order valence-electron chi connectivity index (χ4n) is 4.59. The molecule has 7 nitrogen and oxygen atoms in total. The number of hydrogen-bond donors (Lipinski definition) is 0. The van der Waals surface area contributed by atoms with Gasteiger partial charge in [-0.25, -0.2) is 0 Å². The first kappa shape index (κ1) is 20.2. The molecule has 158 valence electrons. The third kappa shape index (κ3) is 3.39. The number of ether oxygens (including phenoxy) is 2. The molecule has 4 rings (SSSR count). The predicted molar refractivity (Wildman–Crippen MR) is 117 cm³/mol. The van der Waals surface area contributed by atoms with E-state index in [1.807, 2.05) is 0 Å². The monoisotopic (exact) mass is 409 g/mol. The summed E-state index contributed by atoms with van der Waals surface area (Å²) < 4.78 is 13.1. The second kappa shape index (κ2) is 7.99. The van der Waals surface area contributed by atoms with Gasteiger partial charge in [0.05, 0.1) is 31.8 Å². The van der Waals surface area contributed by atoms with Gasteiger partial charge in [0.15, 0.2) is 5.75 Å². The van der Waals surface area contributed by atoms with Crippen LogP contribution in [0.4, 0.5) is 5.69 Å². The fourth-order valence-corrected chi connectivity index (χ4v) is 4.59. The van der Waals surface area contributed by atoms with Gasteiger partial charge >= 0.3 is 5.69 Å². The molecule has 1 aromatic heterocycles. The van der Waals surface area contributed by atoms with Crippen molar-refractivity contribution >= 4 is 16.6 Å². The van der Waals surface area contributed by atoms with Crippen molar-refractivity contribution < 1.29 is 14.4 Å². The summed E-state index contributed by atoms with van der Waals surface area (Å²) in [7, 11) is 7.28. The lowest BCUT2D eigenvalue weighted by Crippen LogP contribution is -2.33. The topological polar surface area (TPSA) is 69.8 Å². The molecule has 0 N–H and O–H groups in total.